The van der Waals surface area contributed by atoms with Crippen LogP contribution in [0.5, 0.6) is 5.75 Å². The van der Waals surface area contributed by atoms with Crippen molar-refractivity contribution < 1.29 is 13.9 Å². The number of nitrogens with one attached hydrogen (secondary N) is 1. The molecular weight excluding hydrogens is 391 g/mol. The first kappa shape index (κ1) is 18.9. The first-order chi connectivity index (χ1) is 14.1. The van der Waals surface area contributed by atoms with Crippen LogP contribution in [0.2, 0.25) is 5.02 Å². The van der Waals surface area contributed by atoms with Crippen molar-refractivity contribution in [1.82, 2.24) is 10.2 Å². The minimum atomic E-state index is -0.258. The quantitative estimate of drug-likeness (QED) is 0.797. The minimum absolute atomic E-state index is 0.0154. The third-order valence-electron chi connectivity index (χ3n) is 6.41. The molecule has 0 spiro atoms. The van der Waals surface area contributed by atoms with E-state index in [1.54, 1.807) is 12.1 Å². The maximum atomic E-state index is 14.0. The highest BCUT2D eigenvalue weighted by Gasteiger charge is 2.49. The van der Waals surface area contributed by atoms with Crippen molar-refractivity contribution in [2.45, 2.75) is 25.4 Å². The molecular formula is C23H24ClFN2O2. The van der Waals surface area contributed by atoms with Crippen LogP contribution in [0, 0.1) is 23.6 Å². The van der Waals surface area contributed by atoms with Gasteiger partial charge in [0.1, 0.15) is 11.6 Å². The number of carbonyl (C=O) groups is 1. The molecule has 2 aromatic carbocycles. The predicted octanol–water partition coefficient (Wildman–Crippen LogP) is 4.19. The van der Waals surface area contributed by atoms with Gasteiger partial charge in [-0.2, -0.15) is 0 Å². The molecule has 152 valence electrons. The van der Waals surface area contributed by atoms with Gasteiger partial charge >= 0.3 is 0 Å². The van der Waals surface area contributed by atoms with Crippen LogP contribution in [-0.4, -0.2) is 30.5 Å². The average molecular weight is 415 g/mol. The van der Waals surface area contributed by atoms with Crippen molar-refractivity contribution in [3.05, 3.63) is 64.4 Å². The summed E-state index contributed by atoms with van der Waals surface area (Å²) in [6.45, 7) is 2.53. The van der Waals surface area contributed by atoms with Gasteiger partial charge in [-0.3, -0.25) is 9.69 Å². The van der Waals surface area contributed by atoms with Crippen molar-refractivity contribution in [2.24, 2.45) is 17.8 Å². The first-order valence-corrected chi connectivity index (χ1v) is 10.7. The lowest BCUT2D eigenvalue weighted by Crippen LogP contribution is -2.38. The highest BCUT2D eigenvalue weighted by atomic mass is 35.5. The smallest absolute Gasteiger partial charge is 0.225 e. The number of amides is 1. The lowest BCUT2D eigenvalue weighted by molar-refractivity contribution is -0.126. The molecule has 4 nitrogen and oxygen atoms in total. The number of nitrogens with zero attached hydrogens (tertiary/aromatic N) is 1. The second kappa shape index (κ2) is 7.62. The number of hydrogen-bond acceptors (Lipinski definition) is 3. The van der Waals surface area contributed by atoms with Crippen LogP contribution in [0.15, 0.2) is 42.5 Å². The summed E-state index contributed by atoms with van der Waals surface area (Å²) in [6, 6.07) is 12.3. The summed E-state index contributed by atoms with van der Waals surface area (Å²) < 4.78 is 19.9. The number of benzene rings is 2. The molecule has 29 heavy (non-hydrogen) atoms. The molecule has 6 heteroatoms. The topological polar surface area (TPSA) is 41.6 Å². The normalized spacial score (nSPS) is 25.8. The molecule has 2 heterocycles. The highest BCUT2D eigenvalue weighted by molar-refractivity contribution is 6.31. The fraction of sp³-hybridized carbons (Fsp3) is 0.435. The lowest BCUT2D eigenvalue weighted by atomic mass is 9.84. The molecule has 2 aliphatic heterocycles. The Labute approximate surface area is 175 Å². The predicted molar refractivity (Wildman–Crippen MR) is 109 cm³/mol. The molecule has 3 atom stereocenters. The lowest BCUT2D eigenvalue weighted by Gasteiger charge is -2.34. The third kappa shape index (κ3) is 3.74. The van der Waals surface area contributed by atoms with Gasteiger partial charge in [0.25, 0.3) is 0 Å². The molecule has 0 unspecified atom stereocenters. The van der Waals surface area contributed by atoms with Gasteiger partial charge in [-0.15, -0.1) is 0 Å². The Bertz CT molecular complexity index is 933. The largest absolute Gasteiger partial charge is 0.493 e. The second-order valence-corrected chi connectivity index (χ2v) is 8.82. The fourth-order valence-electron chi connectivity index (χ4n) is 4.75. The Morgan fingerprint density at radius 1 is 1.24 bits per heavy atom. The van der Waals surface area contributed by atoms with E-state index in [1.165, 1.54) is 18.9 Å². The fourth-order valence-corrected chi connectivity index (χ4v) is 4.95. The zero-order valence-electron chi connectivity index (χ0n) is 16.1. The van der Waals surface area contributed by atoms with Crippen molar-refractivity contribution >= 4 is 17.5 Å². The SMILES string of the molecule is O=C(NCc1ccccc1Cl)[C@@H]1CN(CC2CC2)[C@H]2c3cc(F)ccc3OC[C@@H]12. The van der Waals surface area contributed by atoms with E-state index >= 15 is 0 Å². The molecule has 3 aliphatic rings. The molecule has 1 N–H and O–H groups in total. The number of rotatable bonds is 5. The van der Waals surface area contributed by atoms with Gasteiger partial charge in [0.05, 0.1) is 12.5 Å². The van der Waals surface area contributed by atoms with Crippen molar-refractivity contribution in [1.29, 1.82) is 0 Å². The molecule has 2 fully saturated rings. The highest BCUT2D eigenvalue weighted by Crippen LogP contribution is 2.49. The monoisotopic (exact) mass is 414 g/mol. The van der Waals surface area contributed by atoms with E-state index in [0.29, 0.717) is 30.6 Å². The molecule has 1 saturated heterocycles. The number of ether oxygens (including phenoxy) is 1. The first-order valence-electron chi connectivity index (χ1n) is 10.3. The Kier molecular flexibility index (Phi) is 4.96. The molecule has 5 rings (SSSR count). The molecule has 1 saturated carbocycles. The second-order valence-electron chi connectivity index (χ2n) is 8.41. The Morgan fingerprint density at radius 3 is 2.86 bits per heavy atom. The molecule has 1 aliphatic carbocycles. The molecule has 0 radical (unpaired) electrons. The average Bonchev–Trinajstić information content (AvgIpc) is 3.46. The summed E-state index contributed by atoms with van der Waals surface area (Å²) in [5.41, 5.74) is 1.78. The van der Waals surface area contributed by atoms with E-state index < -0.39 is 0 Å². The summed E-state index contributed by atoms with van der Waals surface area (Å²) in [5, 5.41) is 3.71. The van der Waals surface area contributed by atoms with Gasteiger partial charge in [0, 0.05) is 42.2 Å². The number of halogens is 2. The van der Waals surface area contributed by atoms with Gasteiger partial charge in [-0.05, 0) is 48.6 Å². The van der Waals surface area contributed by atoms with Crippen LogP contribution in [0.4, 0.5) is 4.39 Å². The number of carbonyl (C=O) groups excluding carboxylic acids is 1. The van der Waals surface area contributed by atoms with Gasteiger partial charge in [-0.25, -0.2) is 4.39 Å². The number of hydrogen-bond donors (Lipinski definition) is 1. The van der Waals surface area contributed by atoms with Gasteiger partial charge < -0.3 is 10.1 Å². The standard InChI is InChI=1S/C23H24ClFN2O2/c24-20-4-2-1-3-15(20)10-26-23(28)18-12-27(11-14-5-6-14)22-17-9-16(25)7-8-21(17)29-13-19(18)22/h1-4,7-9,14,18-19,22H,5-6,10-13H2,(H,26,28)/t18-,19+,22+/m1/s1. The van der Waals surface area contributed by atoms with Crippen LogP contribution in [0.25, 0.3) is 0 Å². The van der Waals surface area contributed by atoms with E-state index in [1.807, 2.05) is 24.3 Å². The van der Waals surface area contributed by atoms with Crippen molar-refractivity contribution in [3.8, 4) is 5.75 Å². The molecule has 0 bridgehead atoms. The summed E-state index contributed by atoms with van der Waals surface area (Å²) in [6.07, 6.45) is 2.48. The zero-order chi connectivity index (χ0) is 20.0. The van der Waals surface area contributed by atoms with E-state index in [2.05, 4.69) is 10.2 Å². The number of fused-ring (bicyclic) bond motifs is 3. The van der Waals surface area contributed by atoms with Crippen LogP contribution < -0.4 is 10.1 Å². The van der Waals surface area contributed by atoms with Crippen LogP contribution >= 0.6 is 11.6 Å². The van der Waals surface area contributed by atoms with E-state index in [0.717, 1.165) is 23.4 Å². The van der Waals surface area contributed by atoms with Gasteiger partial charge in [-0.1, -0.05) is 29.8 Å². The van der Waals surface area contributed by atoms with Gasteiger partial charge in [0.15, 0.2) is 0 Å². The Hall–Kier alpha value is -2.11. The van der Waals surface area contributed by atoms with E-state index in [4.69, 9.17) is 16.3 Å². The Morgan fingerprint density at radius 2 is 2.07 bits per heavy atom. The van der Waals surface area contributed by atoms with Crippen LogP contribution in [0.1, 0.15) is 30.0 Å². The van der Waals surface area contributed by atoms with E-state index in [9.17, 15) is 9.18 Å². The summed E-state index contributed by atoms with van der Waals surface area (Å²) >= 11 is 6.22. The summed E-state index contributed by atoms with van der Waals surface area (Å²) in [5.74, 6) is 1.03. The molecule has 2 aromatic rings. The zero-order valence-corrected chi connectivity index (χ0v) is 16.9. The van der Waals surface area contributed by atoms with Crippen molar-refractivity contribution in [2.75, 3.05) is 19.7 Å². The summed E-state index contributed by atoms with van der Waals surface area (Å²) in [4.78, 5) is 15.5. The summed E-state index contributed by atoms with van der Waals surface area (Å²) in [7, 11) is 0. The van der Waals surface area contributed by atoms with Crippen LogP contribution in [0.3, 0.4) is 0 Å². The van der Waals surface area contributed by atoms with E-state index in [-0.39, 0.29) is 29.6 Å². The molecule has 1 amide bonds. The third-order valence-corrected chi connectivity index (χ3v) is 6.77. The Balaban J connectivity index is 1.37. The molecule has 0 aromatic heterocycles. The maximum Gasteiger partial charge on any atom is 0.225 e. The minimum Gasteiger partial charge on any atom is -0.493 e. The maximum absolute atomic E-state index is 14.0. The van der Waals surface area contributed by atoms with Crippen LogP contribution in [-0.2, 0) is 11.3 Å². The van der Waals surface area contributed by atoms with Gasteiger partial charge in [0.2, 0.25) is 5.91 Å². The number of likely N-dealkylation sites (tertiary alicyclic amines) is 1. The van der Waals surface area contributed by atoms with Crippen molar-refractivity contribution in [3.63, 3.8) is 0 Å².